The summed E-state index contributed by atoms with van der Waals surface area (Å²) in [4.78, 5) is 0. The minimum absolute atomic E-state index is 0.0916. The summed E-state index contributed by atoms with van der Waals surface area (Å²) in [6.45, 7) is 0.878. The molecular weight excluding hydrogens is 252 g/mol. The van der Waals surface area contributed by atoms with Gasteiger partial charge in [-0.3, -0.25) is 0 Å². The maximum atomic E-state index is 10.3. The molecule has 1 aromatic rings. The van der Waals surface area contributed by atoms with Crippen LogP contribution < -0.4 is 0 Å². The lowest BCUT2D eigenvalue weighted by Crippen LogP contribution is -2.39. The van der Waals surface area contributed by atoms with Crippen LogP contribution in [0.25, 0.3) is 0 Å². The van der Waals surface area contributed by atoms with E-state index in [1.54, 1.807) is 7.11 Å². The Morgan fingerprint density at radius 1 is 1.15 bits per heavy atom. The zero-order chi connectivity index (χ0) is 14.2. The van der Waals surface area contributed by atoms with Crippen LogP contribution in [0.5, 0.6) is 0 Å². The lowest BCUT2D eigenvalue weighted by molar-refractivity contribution is -0.0880. The topological polar surface area (TPSA) is 38.7 Å². The van der Waals surface area contributed by atoms with Crippen molar-refractivity contribution >= 4 is 0 Å². The van der Waals surface area contributed by atoms with Crippen molar-refractivity contribution in [2.24, 2.45) is 5.92 Å². The van der Waals surface area contributed by atoms with E-state index >= 15 is 0 Å². The number of hydrogen-bond acceptors (Lipinski definition) is 3. The third kappa shape index (κ3) is 4.58. The van der Waals surface area contributed by atoms with Crippen LogP contribution in [0.2, 0.25) is 0 Å². The predicted octanol–water partition coefficient (Wildman–Crippen LogP) is 3.16. The van der Waals surface area contributed by atoms with Gasteiger partial charge in [0.05, 0.1) is 19.3 Å². The second-order valence-electron chi connectivity index (χ2n) is 5.67. The van der Waals surface area contributed by atoms with E-state index in [9.17, 15) is 5.11 Å². The van der Waals surface area contributed by atoms with Gasteiger partial charge in [-0.25, -0.2) is 0 Å². The maximum absolute atomic E-state index is 10.3. The Morgan fingerprint density at radius 3 is 2.50 bits per heavy atom. The average molecular weight is 278 g/mol. The van der Waals surface area contributed by atoms with E-state index in [1.807, 2.05) is 30.3 Å². The molecule has 2 atom stereocenters. The van der Waals surface area contributed by atoms with Gasteiger partial charge in [-0.05, 0) is 24.3 Å². The lowest BCUT2D eigenvalue weighted by Gasteiger charge is -2.32. The van der Waals surface area contributed by atoms with Gasteiger partial charge in [-0.1, -0.05) is 49.6 Å². The van der Waals surface area contributed by atoms with Crippen molar-refractivity contribution in [3.8, 4) is 0 Å². The average Bonchev–Trinajstić information content (AvgIpc) is 2.50. The number of hydrogen-bond donors (Lipinski definition) is 1. The van der Waals surface area contributed by atoms with Crippen molar-refractivity contribution < 1.29 is 14.6 Å². The molecule has 1 aromatic carbocycles. The highest BCUT2D eigenvalue weighted by atomic mass is 16.5. The highest BCUT2D eigenvalue weighted by molar-refractivity contribution is 5.13. The Labute approximate surface area is 121 Å². The highest BCUT2D eigenvalue weighted by Crippen LogP contribution is 2.29. The summed E-state index contributed by atoms with van der Waals surface area (Å²) < 4.78 is 11.1. The van der Waals surface area contributed by atoms with Gasteiger partial charge < -0.3 is 14.6 Å². The molecule has 2 rings (SSSR count). The number of methoxy groups -OCH3 is 1. The molecule has 1 N–H and O–H groups in total. The Morgan fingerprint density at radius 2 is 1.85 bits per heavy atom. The van der Waals surface area contributed by atoms with Crippen LogP contribution in [0.1, 0.15) is 37.7 Å². The number of aliphatic hydroxyl groups is 1. The van der Waals surface area contributed by atoms with Gasteiger partial charge in [0.1, 0.15) is 6.10 Å². The van der Waals surface area contributed by atoms with Crippen LogP contribution in [0.3, 0.4) is 0 Å². The molecule has 0 amide bonds. The van der Waals surface area contributed by atoms with Crippen LogP contribution >= 0.6 is 0 Å². The predicted molar refractivity (Wildman–Crippen MR) is 79.5 cm³/mol. The number of rotatable bonds is 7. The monoisotopic (exact) mass is 278 g/mol. The van der Waals surface area contributed by atoms with Crippen LogP contribution in [-0.4, -0.2) is 31.0 Å². The summed E-state index contributed by atoms with van der Waals surface area (Å²) in [6.07, 6.45) is 5.51. The Bertz CT molecular complexity index is 360. The normalized spacial score (nSPS) is 19.7. The van der Waals surface area contributed by atoms with E-state index in [-0.39, 0.29) is 6.10 Å². The van der Waals surface area contributed by atoms with Crippen LogP contribution in [-0.2, 0) is 16.1 Å². The van der Waals surface area contributed by atoms with Crippen molar-refractivity contribution in [1.29, 1.82) is 0 Å². The molecule has 1 saturated carbocycles. The van der Waals surface area contributed by atoms with Crippen molar-refractivity contribution in [3.63, 3.8) is 0 Å². The molecular formula is C17H26O3. The highest BCUT2D eigenvalue weighted by Gasteiger charge is 2.29. The van der Waals surface area contributed by atoms with E-state index in [0.717, 1.165) is 18.4 Å². The van der Waals surface area contributed by atoms with Crippen molar-refractivity contribution in [2.75, 3.05) is 13.7 Å². The molecule has 0 unspecified atom stereocenters. The second kappa shape index (κ2) is 8.40. The molecule has 20 heavy (non-hydrogen) atoms. The first-order valence-electron chi connectivity index (χ1n) is 7.64. The molecule has 0 aromatic heterocycles. The summed E-state index contributed by atoms with van der Waals surface area (Å²) in [5.74, 6) is 0.476. The quantitative estimate of drug-likeness (QED) is 0.832. The lowest BCUT2D eigenvalue weighted by atomic mass is 9.83. The van der Waals surface area contributed by atoms with Crippen LogP contribution in [0.4, 0.5) is 0 Å². The zero-order valence-electron chi connectivity index (χ0n) is 12.3. The smallest absolute Gasteiger partial charge is 0.104 e. The molecule has 0 aliphatic heterocycles. The van der Waals surface area contributed by atoms with Gasteiger partial charge >= 0.3 is 0 Å². The number of ether oxygens (including phenoxy) is 2. The number of benzene rings is 1. The molecule has 1 aliphatic carbocycles. The minimum atomic E-state index is -0.535. The van der Waals surface area contributed by atoms with E-state index in [2.05, 4.69) is 0 Å². The summed E-state index contributed by atoms with van der Waals surface area (Å²) in [5.41, 5.74) is 1.13. The molecule has 0 heterocycles. The van der Waals surface area contributed by atoms with Crippen molar-refractivity contribution in [3.05, 3.63) is 35.9 Å². The van der Waals surface area contributed by atoms with Gasteiger partial charge in [-0.2, -0.15) is 0 Å². The van der Waals surface area contributed by atoms with E-state index in [1.165, 1.54) is 19.3 Å². The molecule has 0 bridgehead atoms. The molecule has 0 spiro atoms. The molecule has 112 valence electrons. The van der Waals surface area contributed by atoms with Crippen LogP contribution in [0, 0.1) is 5.92 Å². The summed E-state index contributed by atoms with van der Waals surface area (Å²) in [7, 11) is 1.69. The third-order valence-electron chi connectivity index (χ3n) is 4.17. The zero-order valence-corrected chi connectivity index (χ0v) is 12.3. The van der Waals surface area contributed by atoms with E-state index in [0.29, 0.717) is 19.1 Å². The Hall–Kier alpha value is -0.900. The maximum Gasteiger partial charge on any atom is 0.104 e. The summed E-state index contributed by atoms with van der Waals surface area (Å²) >= 11 is 0. The van der Waals surface area contributed by atoms with Gasteiger partial charge in [0.25, 0.3) is 0 Å². The van der Waals surface area contributed by atoms with Gasteiger partial charge in [0.2, 0.25) is 0 Å². The first-order chi connectivity index (χ1) is 9.81. The first kappa shape index (κ1) is 15.5. The van der Waals surface area contributed by atoms with E-state index in [4.69, 9.17) is 9.47 Å². The standard InChI is InChI=1S/C17H26O3/c1-19-17(15-10-6-3-7-11-15)16(18)13-20-12-14-8-4-2-5-9-14/h2,4-5,8-9,15-18H,3,6-7,10-13H2,1H3/t16-,17-/m0/s1. The number of aliphatic hydroxyl groups excluding tert-OH is 1. The SMILES string of the molecule is CO[C@@H](C1CCCCC1)[C@@H](O)COCc1ccccc1. The fraction of sp³-hybridized carbons (Fsp3) is 0.647. The molecule has 3 nitrogen and oxygen atoms in total. The summed E-state index contributed by atoms with van der Waals surface area (Å²) in [5, 5.41) is 10.3. The molecule has 0 radical (unpaired) electrons. The van der Waals surface area contributed by atoms with Gasteiger partial charge in [0, 0.05) is 7.11 Å². The second-order valence-corrected chi connectivity index (χ2v) is 5.67. The van der Waals surface area contributed by atoms with Gasteiger partial charge in [0.15, 0.2) is 0 Å². The molecule has 0 saturated heterocycles. The Balaban J connectivity index is 1.75. The first-order valence-corrected chi connectivity index (χ1v) is 7.64. The van der Waals surface area contributed by atoms with Crippen molar-refractivity contribution in [2.45, 2.75) is 50.9 Å². The minimum Gasteiger partial charge on any atom is -0.388 e. The van der Waals surface area contributed by atoms with Crippen LogP contribution in [0.15, 0.2) is 30.3 Å². The molecule has 1 aliphatic rings. The molecule has 1 fully saturated rings. The fourth-order valence-corrected chi connectivity index (χ4v) is 3.09. The fourth-order valence-electron chi connectivity index (χ4n) is 3.09. The molecule has 3 heteroatoms. The van der Waals surface area contributed by atoms with Crippen molar-refractivity contribution in [1.82, 2.24) is 0 Å². The largest absolute Gasteiger partial charge is 0.388 e. The third-order valence-corrected chi connectivity index (χ3v) is 4.17. The summed E-state index contributed by atoms with van der Waals surface area (Å²) in [6, 6.07) is 10.0. The van der Waals surface area contributed by atoms with E-state index < -0.39 is 6.10 Å². The Kier molecular flexibility index (Phi) is 6.51. The van der Waals surface area contributed by atoms with Gasteiger partial charge in [-0.15, -0.1) is 0 Å².